The van der Waals surface area contributed by atoms with Gasteiger partial charge >= 0.3 is 11.7 Å². The van der Waals surface area contributed by atoms with Crippen LogP contribution in [0.3, 0.4) is 0 Å². The van der Waals surface area contributed by atoms with E-state index in [9.17, 15) is 18.0 Å². The maximum Gasteiger partial charge on any atom is 0.326 e. The molecule has 3 aromatic rings. The van der Waals surface area contributed by atoms with Crippen molar-refractivity contribution in [1.29, 1.82) is 0 Å². The Hall–Kier alpha value is -2.91. The topological polar surface area (TPSA) is 101 Å². The van der Waals surface area contributed by atoms with Crippen molar-refractivity contribution in [3.63, 3.8) is 0 Å². The van der Waals surface area contributed by atoms with Crippen LogP contribution in [0, 0.1) is 19.8 Å². The van der Waals surface area contributed by atoms with Gasteiger partial charge in [0.25, 0.3) is 0 Å². The first-order chi connectivity index (χ1) is 15.8. The highest BCUT2D eigenvalue weighted by atomic mass is 32.2. The monoisotopic (exact) mass is 471 g/mol. The van der Waals surface area contributed by atoms with Gasteiger partial charge in [0.2, 0.25) is 10.0 Å². The second-order valence-electron chi connectivity index (χ2n) is 8.54. The number of rotatable bonds is 7. The van der Waals surface area contributed by atoms with Gasteiger partial charge in [0, 0.05) is 19.6 Å². The quantitative estimate of drug-likeness (QED) is 0.422. The Bertz CT molecular complexity index is 1320. The molecule has 4 rings (SSSR count). The summed E-state index contributed by atoms with van der Waals surface area (Å²) in [5, 5.41) is 0. The Morgan fingerprint density at radius 2 is 1.82 bits per heavy atom. The van der Waals surface area contributed by atoms with Crippen LogP contribution in [-0.2, 0) is 26.1 Å². The molecule has 9 heteroatoms. The SMILES string of the molecule is Cc1ccc(S(=O)(=O)N2CCC(C(=O)OCCCn3c(=O)[nH]c4ccccc43)CC2)cc1C. The lowest BCUT2D eigenvalue weighted by Crippen LogP contribution is -2.40. The second kappa shape index (κ2) is 9.52. The van der Waals surface area contributed by atoms with E-state index >= 15 is 0 Å². The van der Waals surface area contributed by atoms with Crippen molar-refractivity contribution in [3.05, 3.63) is 64.1 Å². The van der Waals surface area contributed by atoms with Gasteiger partial charge in [-0.15, -0.1) is 0 Å². The Labute approximate surface area is 193 Å². The Kier molecular flexibility index (Phi) is 6.71. The molecular formula is C24H29N3O5S. The molecule has 1 N–H and O–H groups in total. The summed E-state index contributed by atoms with van der Waals surface area (Å²) in [6, 6.07) is 12.6. The molecule has 176 valence electrons. The number of fused-ring (bicyclic) bond motifs is 1. The van der Waals surface area contributed by atoms with Crippen LogP contribution in [0.2, 0.25) is 0 Å². The number of aryl methyl sites for hydroxylation is 3. The van der Waals surface area contributed by atoms with Crippen molar-refractivity contribution >= 4 is 27.0 Å². The van der Waals surface area contributed by atoms with Crippen molar-refractivity contribution in [3.8, 4) is 0 Å². The maximum atomic E-state index is 13.0. The van der Waals surface area contributed by atoms with E-state index in [4.69, 9.17) is 4.74 Å². The minimum absolute atomic E-state index is 0.181. The molecular weight excluding hydrogens is 442 g/mol. The molecule has 1 saturated heterocycles. The lowest BCUT2D eigenvalue weighted by atomic mass is 9.98. The number of aromatic amines is 1. The highest BCUT2D eigenvalue weighted by Gasteiger charge is 2.32. The zero-order valence-electron chi connectivity index (χ0n) is 18.9. The van der Waals surface area contributed by atoms with Gasteiger partial charge in [-0.1, -0.05) is 18.2 Å². The summed E-state index contributed by atoms with van der Waals surface area (Å²) in [6.07, 6.45) is 1.39. The molecule has 0 aliphatic carbocycles. The van der Waals surface area contributed by atoms with Gasteiger partial charge in [-0.05, 0) is 68.5 Å². The van der Waals surface area contributed by atoms with Gasteiger partial charge in [0.1, 0.15) is 0 Å². The first kappa shape index (κ1) is 23.3. The molecule has 33 heavy (non-hydrogen) atoms. The van der Waals surface area contributed by atoms with Crippen molar-refractivity contribution in [2.24, 2.45) is 5.92 Å². The molecule has 1 fully saturated rings. The predicted molar refractivity (Wildman–Crippen MR) is 126 cm³/mol. The minimum Gasteiger partial charge on any atom is -0.465 e. The number of carbonyl (C=O) groups excluding carboxylic acids is 1. The van der Waals surface area contributed by atoms with E-state index in [1.807, 2.05) is 44.2 Å². The fourth-order valence-corrected chi connectivity index (χ4v) is 5.75. The number of nitrogens with zero attached hydrogens (tertiary/aromatic N) is 2. The van der Waals surface area contributed by atoms with Gasteiger partial charge in [-0.25, -0.2) is 13.2 Å². The zero-order chi connectivity index (χ0) is 23.6. The van der Waals surface area contributed by atoms with Crippen LogP contribution in [0.15, 0.2) is 52.2 Å². The normalized spacial score (nSPS) is 15.7. The summed E-state index contributed by atoms with van der Waals surface area (Å²) >= 11 is 0. The maximum absolute atomic E-state index is 13.0. The molecule has 1 aromatic heterocycles. The van der Waals surface area contributed by atoms with Crippen molar-refractivity contribution in [2.75, 3.05) is 19.7 Å². The number of imidazole rings is 1. The van der Waals surface area contributed by atoms with Crippen LogP contribution < -0.4 is 5.69 Å². The highest BCUT2D eigenvalue weighted by molar-refractivity contribution is 7.89. The Morgan fingerprint density at radius 3 is 2.55 bits per heavy atom. The average Bonchev–Trinajstić information content (AvgIpc) is 3.13. The molecule has 0 spiro atoms. The van der Waals surface area contributed by atoms with Crippen LogP contribution in [0.25, 0.3) is 11.0 Å². The molecule has 0 atom stereocenters. The number of aromatic nitrogens is 2. The fourth-order valence-electron chi connectivity index (χ4n) is 4.20. The first-order valence-electron chi connectivity index (χ1n) is 11.2. The summed E-state index contributed by atoms with van der Waals surface area (Å²) < 4.78 is 34.4. The number of sulfonamides is 1. The number of piperidine rings is 1. The summed E-state index contributed by atoms with van der Waals surface area (Å²) in [4.78, 5) is 27.7. The number of para-hydroxylation sites is 2. The van der Waals surface area contributed by atoms with Gasteiger partial charge in [-0.3, -0.25) is 9.36 Å². The third-order valence-electron chi connectivity index (χ3n) is 6.36. The van der Waals surface area contributed by atoms with E-state index in [0.717, 1.165) is 22.2 Å². The molecule has 2 heterocycles. The first-order valence-corrected chi connectivity index (χ1v) is 12.6. The summed E-state index contributed by atoms with van der Waals surface area (Å²) in [7, 11) is -3.57. The Morgan fingerprint density at radius 1 is 1.09 bits per heavy atom. The van der Waals surface area contributed by atoms with Crippen LogP contribution >= 0.6 is 0 Å². The molecule has 0 saturated carbocycles. The summed E-state index contributed by atoms with van der Waals surface area (Å²) in [5.41, 5.74) is 3.41. The molecule has 1 aliphatic heterocycles. The number of carbonyl (C=O) groups is 1. The van der Waals surface area contributed by atoms with E-state index in [1.54, 1.807) is 16.7 Å². The van der Waals surface area contributed by atoms with Gasteiger partial charge in [-0.2, -0.15) is 4.31 Å². The standard InChI is InChI=1S/C24H29N3O5S/c1-17-8-9-20(16-18(17)2)33(30,31)26-13-10-19(11-14-26)23(28)32-15-5-12-27-22-7-4-3-6-21(22)25-24(27)29/h3-4,6-9,16,19H,5,10-15H2,1-2H3,(H,25,29). The third kappa shape index (κ3) is 4.89. The number of hydrogen-bond acceptors (Lipinski definition) is 5. The number of nitrogens with one attached hydrogen (secondary N) is 1. The van der Waals surface area contributed by atoms with Crippen LogP contribution in [-0.4, -0.2) is 47.9 Å². The predicted octanol–water partition coefficient (Wildman–Crippen LogP) is 2.98. The van der Waals surface area contributed by atoms with Crippen LogP contribution in [0.4, 0.5) is 0 Å². The number of ether oxygens (including phenoxy) is 1. The van der Waals surface area contributed by atoms with Crippen molar-refractivity contribution in [1.82, 2.24) is 13.9 Å². The number of H-pyrrole nitrogens is 1. The van der Waals surface area contributed by atoms with E-state index in [2.05, 4.69) is 4.98 Å². The molecule has 0 amide bonds. The van der Waals surface area contributed by atoms with E-state index in [-0.39, 0.29) is 24.2 Å². The summed E-state index contributed by atoms with van der Waals surface area (Å²) in [6.45, 7) is 5.08. The van der Waals surface area contributed by atoms with E-state index in [0.29, 0.717) is 43.8 Å². The van der Waals surface area contributed by atoms with E-state index in [1.165, 1.54) is 4.31 Å². The lowest BCUT2D eigenvalue weighted by molar-refractivity contribution is -0.150. The third-order valence-corrected chi connectivity index (χ3v) is 8.25. The number of esters is 1. The van der Waals surface area contributed by atoms with E-state index < -0.39 is 10.0 Å². The summed E-state index contributed by atoms with van der Waals surface area (Å²) in [5.74, 6) is -0.614. The Balaban J connectivity index is 1.26. The highest BCUT2D eigenvalue weighted by Crippen LogP contribution is 2.25. The van der Waals surface area contributed by atoms with Crippen molar-refractivity contribution in [2.45, 2.75) is 44.6 Å². The fraction of sp³-hybridized carbons (Fsp3) is 0.417. The molecule has 8 nitrogen and oxygen atoms in total. The molecule has 0 bridgehead atoms. The van der Waals surface area contributed by atoms with Gasteiger partial charge < -0.3 is 9.72 Å². The minimum atomic E-state index is -3.57. The number of benzene rings is 2. The smallest absolute Gasteiger partial charge is 0.326 e. The molecule has 2 aromatic carbocycles. The molecule has 0 radical (unpaired) electrons. The molecule has 0 unspecified atom stereocenters. The lowest BCUT2D eigenvalue weighted by Gasteiger charge is -2.30. The number of hydrogen-bond donors (Lipinski definition) is 1. The zero-order valence-corrected chi connectivity index (χ0v) is 19.7. The molecule has 1 aliphatic rings. The largest absolute Gasteiger partial charge is 0.465 e. The van der Waals surface area contributed by atoms with Gasteiger partial charge in [0.15, 0.2) is 0 Å². The average molecular weight is 472 g/mol. The van der Waals surface area contributed by atoms with Crippen LogP contribution in [0.5, 0.6) is 0 Å². The van der Waals surface area contributed by atoms with Crippen molar-refractivity contribution < 1.29 is 17.9 Å². The van der Waals surface area contributed by atoms with Crippen LogP contribution in [0.1, 0.15) is 30.4 Å². The second-order valence-corrected chi connectivity index (χ2v) is 10.5. The van der Waals surface area contributed by atoms with Gasteiger partial charge in [0.05, 0.1) is 28.5 Å².